The van der Waals surface area contributed by atoms with Crippen LogP contribution in [0.15, 0.2) is 0 Å². The Morgan fingerprint density at radius 2 is 1.73 bits per heavy atom. The molecule has 4 atom stereocenters. The number of hydrogen-bond acceptors (Lipinski definition) is 13. The van der Waals surface area contributed by atoms with Crippen molar-refractivity contribution < 1.29 is 84.8 Å². The molecule has 1 aliphatic rings. The molecule has 0 aromatic rings. The Morgan fingerprint density at radius 3 is 2.00 bits per heavy atom. The molecule has 5 N–H and O–H groups in total. The van der Waals surface area contributed by atoms with Gasteiger partial charge in [-0.25, -0.2) is 13.2 Å². The summed E-state index contributed by atoms with van der Waals surface area (Å²) < 4.78 is 37.0. The molecule has 0 bridgehead atoms. The van der Waals surface area contributed by atoms with E-state index in [1.807, 2.05) is 0 Å². The Kier molecular flexibility index (Phi) is 9.10. The smallest absolute Gasteiger partial charge is 0.726 e. The van der Waals surface area contributed by atoms with Gasteiger partial charge in [0, 0.05) is 0 Å². The van der Waals surface area contributed by atoms with Gasteiger partial charge in [-0.1, -0.05) is 0 Å². The van der Waals surface area contributed by atoms with Crippen LogP contribution in [0.2, 0.25) is 0 Å². The van der Waals surface area contributed by atoms with E-state index in [1.54, 1.807) is 0 Å². The van der Waals surface area contributed by atoms with E-state index >= 15 is 0 Å². The number of carbonyl (C=O) groups is 1. The summed E-state index contributed by atoms with van der Waals surface area (Å²) in [5.74, 6) is -8.90. The van der Waals surface area contributed by atoms with Crippen LogP contribution in [0, 0.1) is 0 Å². The zero-order chi connectivity index (χ0) is 17.1. The van der Waals surface area contributed by atoms with Gasteiger partial charge in [0.1, 0.15) is 6.10 Å². The number of aliphatic hydroxyl groups is 4. The van der Waals surface area contributed by atoms with E-state index in [4.69, 9.17) is 27.7 Å². The number of carbonyl (C=O) groups excluding carboxylic acids is 1. The van der Waals surface area contributed by atoms with Gasteiger partial charge in [0.05, 0.1) is 6.61 Å². The van der Waals surface area contributed by atoms with Crippen molar-refractivity contribution in [2.75, 3.05) is 6.61 Å². The molecule has 2 unspecified atom stereocenters. The monoisotopic (exact) mass is 393 g/mol. The van der Waals surface area contributed by atoms with Crippen LogP contribution in [-0.2, 0) is 46.8 Å². The summed E-state index contributed by atoms with van der Waals surface area (Å²) in [7, 11) is -4.92. The molecular weight excluding hydrogens is 384 g/mol. The second-order valence-corrected chi connectivity index (χ2v) is 4.37. The Labute approximate surface area is 132 Å². The van der Waals surface area contributed by atoms with Gasteiger partial charge in [0.15, 0.2) is 6.10 Å². The molecule has 0 amide bonds. The van der Waals surface area contributed by atoms with Crippen LogP contribution in [0.4, 0.5) is 0 Å². The number of esters is 1. The molecule has 16 heteroatoms. The van der Waals surface area contributed by atoms with Crippen LogP contribution in [0.5, 0.6) is 0 Å². The SMILES string of the molecule is O=C1O[C@H]([C@@H](O)CO)C(O)(O[O-])C1(O)O[O-].O=S(=O)([O-])O.[Fe+3]. The van der Waals surface area contributed by atoms with Gasteiger partial charge in [0.2, 0.25) is 10.4 Å². The van der Waals surface area contributed by atoms with Crippen molar-refractivity contribution in [1.82, 2.24) is 0 Å². The van der Waals surface area contributed by atoms with Crippen molar-refractivity contribution >= 4 is 16.4 Å². The predicted octanol–water partition coefficient (Wildman–Crippen LogP) is -6.77. The summed E-state index contributed by atoms with van der Waals surface area (Å²) in [6.45, 7) is -1.03. The van der Waals surface area contributed by atoms with Crippen LogP contribution in [-0.4, -0.2) is 74.3 Å². The van der Waals surface area contributed by atoms with E-state index in [2.05, 4.69) is 14.5 Å². The zero-order valence-corrected chi connectivity index (χ0v) is 12.0. The number of ether oxygens (including phenoxy) is 1. The Hall–Kier alpha value is -0.461. The fourth-order valence-corrected chi connectivity index (χ4v) is 1.25. The van der Waals surface area contributed by atoms with Crippen molar-refractivity contribution in [3.05, 3.63) is 0 Å². The first kappa shape index (κ1) is 23.8. The first-order valence-electron chi connectivity index (χ1n) is 4.62. The fourth-order valence-electron chi connectivity index (χ4n) is 1.25. The van der Waals surface area contributed by atoms with Crippen LogP contribution in [0.25, 0.3) is 0 Å². The van der Waals surface area contributed by atoms with Crippen molar-refractivity contribution in [3.63, 3.8) is 0 Å². The van der Waals surface area contributed by atoms with Crippen molar-refractivity contribution in [1.29, 1.82) is 0 Å². The van der Waals surface area contributed by atoms with E-state index in [0.29, 0.717) is 0 Å². The van der Waals surface area contributed by atoms with Crippen molar-refractivity contribution in [3.8, 4) is 0 Å². The minimum absolute atomic E-state index is 0. The maximum absolute atomic E-state index is 11.0. The van der Waals surface area contributed by atoms with E-state index in [-0.39, 0.29) is 17.1 Å². The molecule has 1 heterocycles. The summed E-state index contributed by atoms with van der Waals surface area (Å²) >= 11 is 0. The molecule has 14 nitrogen and oxygen atoms in total. The third-order valence-electron chi connectivity index (χ3n) is 2.17. The topological polar surface area (TPSA) is 249 Å². The Bertz CT molecular complexity index is 458. The summed E-state index contributed by atoms with van der Waals surface area (Å²) in [6.07, 6.45) is -4.12. The Morgan fingerprint density at radius 1 is 1.32 bits per heavy atom. The summed E-state index contributed by atoms with van der Waals surface area (Å²) in [6, 6.07) is 0. The second kappa shape index (κ2) is 8.41. The van der Waals surface area contributed by atoms with Crippen LogP contribution < -0.4 is 10.5 Å². The molecule has 1 fully saturated rings. The van der Waals surface area contributed by atoms with E-state index < -0.39 is 46.8 Å². The average Bonchev–Trinajstić information content (AvgIpc) is 2.58. The van der Waals surface area contributed by atoms with Gasteiger partial charge < -0.3 is 50.0 Å². The number of rotatable bonds is 4. The van der Waals surface area contributed by atoms with Crippen LogP contribution >= 0.6 is 0 Å². The van der Waals surface area contributed by atoms with Gasteiger partial charge in [0.25, 0.3) is 5.79 Å². The molecule has 0 aliphatic carbocycles. The second-order valence-electron chi connectivity index (χ2n) is 3.51. The normalized spacial score (nSPS) is 32.4. The summed E-state index contributed by atoms with van der Waals surface area (Å²) in [4.78, 5) is 17.1. The minimum atomic E-state index is -4.92. The van der Waals surface area contributed by atoms with Crippen molar-refractivity contribution in [2.45, 2.75) is 23.8 Å². The van der Waals surface area contributed by atoms with Crippen LogP contribution in [0.1, 0.15) is 0 Å². The van der Waals surface area contributed by atoms with Crippen LogP contribution in [0.3, 0.4) is 0 Å². The Balaban J connectivity index is 0. The third-order valence-corrected chi connectivity index (χ3v) is 2.17. The van der Waals surface area contributed by atoms with Crippen molar-refractivity contribution in [2.24, 2.45) is 0 Å². The van der Waals surface area contributed by atoms with Gasteiger partial charge in [-0.15, -0.1) is 0 Å². The molecule has 0 aromatic carbocycles. The van der Waals surface area contributed by atoms with Gasteiger partial charge in [-0.05, 0) is 0 Å². The molecule has 0 spiro atoms. The van der Waals surface area contributed by atoms with E-state index in [0.717, 1.165) is 0 Å². The molecule has 0 aromatic heterocycles. The predicted molar refractivity (Wildman–Crippen MR) is 47.4 cm³/mol. The van der Waals surface area contributed by atoms with Gasteiger partial charge in [-0.2, -0.15) is 0 Å². The standard InChI is InChI=1S/C6H10O10.Fe.H2O4S/c7-1-2(8)3-5(10,15-12)6(11,16-13)4(9)14-3;;1-5(2,3)4/h2-3,7-8,10-13H,1H2;;(H2,1,2,3,4)/q;+3;/p-3/t2-,3+,5?,6?;;/m0../s1. The molecule has 1 radical (unpaired) electrons. The molecule has 1 rings (SSSR count). The maximum Gasteiger partial charge on any atom is 3.00 e. The summed E-state index contributed by atoms with van der Waals surface area (Å²) in [5.41, 5.74) is 0. The number of cyclic esters (lactones) is 1. The molecule has 0 saturated carbocycles. The number of hydrogen-bond donors (Lipinski definition) is 5. The summed E-state index contributed by atoms with van der Waals surface area (Å²) in [5, 5.41) is 56.7. The third kappa shape index (κ3) is 5.03. The first-order chi connectivity index (χ1) is 9.37. The van der Waals surface area contributed by atoms with Gasteiger partial charge in [-0.3, -0.25) is 4.55 Å². The molecule has 1 aliphatic heterocycles. The molecule has 131 valence electrons. The zero-order valence-electron chi connectivity index (χ0n) is 10.0. The molecular formula is C6H9FeO14S. The minimum Gasteiger partial charge on any atom is -0.726 e. The molecule has 1 saturated heterocycles. The van der Waals surface area contributed by atoms with E-state index in [9.17, 15) is 25.5 Å². The maximum atomic E-state index is 11.0. The van der Waals surface area contributed by atoms with Gasteiger partial charge >= 0.3 is 28.8 Å². The largest absolute Gasteiger partial charge is 3.00 e. The molecule has 22 heavy (non-hydrogen) atoms. The number of aliphatic hydroxyl groups excluding tert-OH is 2. The fraction of sp³-hybridized carbons (Fsp3) is 0.833. The quantitative estimate of drug-likeness (QED) is 0.0566. The first-order valence-corrected chi connectivity index (χ1v) is 5.99. The average molecular weight is 393 g/mol. The van der Waals surface area contributed by atoms with E-state index in [1.165, 1.54) is 0 Å².